The van der Waals surface area contributed by atoms with Crippen LogP contribution < -0.4 is 24.8 Å². The van der Waals surface area contributed by atoms with Crippen LogP contribution in [-0.4, -0.2) is 41.1 Å². The SMILES string of the molecule is O=c1nc(OCc2cc(F)c3c(c2)OCCC2(CC2)O3)cc2n1C[C@@H]1COCN21. The van der Waals surface area contributed by atoms with Crippen molar-refractivity contribution in [3.8, 4) is 17.4 Å². The zero-order valence-corrected chi connectivity index (χ0v) is 15.7. The van der Waals surface area contributed by atoms with E-state index in [4.69, 9.17) is 18.9 Å². The smallest absolute Gasteiger partial charge is 0.352 e. The lowest BCUT2D eigenvalue weighted by Gasteiger charge is -2.16. The first-order valence-electron chi connectivity index (χ1n) is 9.84. The molecule has 1 saturated carbocycles. The van der Waals surface area contributed by atoms with Gasteiger partial charge in [0.05, 0.1) is 25.8 Å². The molecule has 0 amide bonds. The van der Waals surface area contributed by atoms with Crippen LogP contribution in [0.25, 0.3) is 0 Å². The number of hydrogen-bond donors (Lipinski definition) is 0. The number of anilines is 1. The molecule has 4 heterocycles. The fourth-order valence-corrected chi connectivity index (χ4v) is 4.23. The van der Waals surface area contributed by atoms with Crippen molar-refractivity contribution in [2.75, 3.05) is 24.8 Å². The highest BCUT2D eigenvalue weighted by Crippen LogP contribution is 2.48. The Labute approximate surface area is 165 Å². The first kappa shape index (κ1) is 17.1. The second kappa shape index (κ2) is 6.09. The van der Waals surface area contributed by atoms with E-state index in [1.54, 1.807) is 16.7 Å². The van der Waals surface area contributed by atoms with Gasteiger partial charge < -0.3 is 23.8 Å². The van der Waals surface area contributed by atoms with Gasteiger partial charge in [-0.25, -0.2) is 9.18 Å². The number of hydrogen-bond acceptors (Lipinski definition) is 7. The molecule has 1 aromatic heterocycles. The lowest BCUT2D eigenvalue weighted by molar-refractivity contribution is 0.163. The maximum Gasteiger partial charge on any atom is 0.352 e. The average Bonchev–Trinajstić information content (AvgIpc) is 3.21. The van der Waals surface area contributed by atoms with Crippen molar-refractivity contribution < 1.29 is 23.3 Å². The third kappa shape index (κ3) is 2.83. The Balaban J connectivity index is 1.24. The number of fused-ring (bicyclic) bond motifs is 4. The average molecular weight is 401 g/mol. The summed E-state index contributed by atoms with van der Waals surface area (Å²) in [6.07, 6.45) is 2.63. The molecular weight excluding hydrogens is 381 g/mol. The Morgan fingerprint density at radius 1 is 1.28 bits per heavy atom. The number of benzene rings is 1. The highest BCUT2D eigenvalue weighted by molar-refractivity contribution is 5.48. The van der Waals surface area contributed by atoms with Gasteiger partial charge in [0.15, 0.2) is 17.3 Å². The summed E-state index contributed by atoms with van der Waals surface area (Å²) >= 11 is 0. The van der Waals surface area contributed by atoms with Gasteiger partial charge in [-0.05, 0) is 30.5 Å². The highest BCUT2D eigenvalue weighted by atomic mass is 19.1. The minimum Gasteiger partial charge on any atom is -0.489 e. The molecule has 0 bridgehead atoms. The first-order chi connectivity index (χ1) is 14.1. The fourth-order valence-electron chi connectivity index (χ4n) is 4.23. The predicted octanol–water partition coefficient (Wildman–Crippen LogP) is 1.83. The zero-order valence-electron chi connectivity index (χ0n) is 15.7. The van der Waals surface area contributed by atoms with E-state index in [-0.39, 0.29) is 35.6 Å². The summed E-state index contributed by atoms with van der Waals surface area (Å²) in [6.45, 7) is 2.17. The largest absolute Gasteiger partial charge is 0.489 e. The van der Waals surface area contributed by atoms with Crippen molar-refractivity contribution in [2.45, 2.75) is 44.1 Å². The summed E-state index contributed by atoms with van der Waals surface area (Å²) in [5.41, 5.74) is -0.0227. The van der Waals surface area contributed by atoms with Crippen LogP contribution in [0.3, 0.4) is 0 Å². The molecule has 29 heavy (non-hydrogen) atoms. The number of nitrogens with zero attached hydrogens (tertiary/aromatic N) is 3. The highest BCUT2D eigenvalue weighted by Gasteiger charge is 2.47. The standard InChI is InChI=1S/C20H20FN3O5/c21-14-5-12(6-15-18(14)29-20(1-2-20)3-4-27-15)9-28-16-7-17-23(19(25)22-16)8-13-10-26-11-24(13)17/h5-7,13H,1-4,8-11H2/t13-/m1/s1. The van der Waals surface area contributed by atoms with E-state index in [0.717, 1.165) is 25.1 Å². The minimum absolute atomic E-state index is 0.0640. The zero-order chi connectivity index (χ0) is 19.6. The van der Waals surface area contributed by atoms with E-state index in [0.29, 0.717) is 37.8 Å². The third-order valence-electron chi connectivity index (χ3n) is 6.03. The molecule has 9 heteroatoms. The molecule has 1 saturated heterocycles. The first-order valence-corrected chi connectivity index (χ1v) is 9.84. The maximum atomic E-state index is 14.7. The van der Waals surface area contributed by atoms with Crippen molar-refractivity contribution in [1.82, 2.24) is 9.55 Å². The Morgan fingerprint density at radius 3 is 3.03 bits per heavy atom. The Morgan fingerprint density at radius 2 is 2.17 bits per heavy atom. The summed E-state index contributed by atoms with van der Waals surface area (Å²) < 4.78 is 39.1. The van der Waals surface area contributed by atoms with E-state index in [9.17, 15) is 9.18 Å². The summed E-state index contributed by atoms with van der Waals surface area (Å²) in [7, 11) is 0. The van der Waals surface area contributed by atoms with Gasteiger partial charge in [-0.2, -0.15) is 4.98 Å². The van der Waals surface area contributed by atoms with Gasteiger partial charge >= 0.3 is 5.69 Å². The minimum atomic E-state index is -0.465. The van der Waals surface area contributed by atoms with Gasteiger partial charge in [0.25, 0.3) is 0 Å². The van der Waals surface area contributed by atoms with Gasteiger partial charge in [-0.15, -0.1) is 0 Å². The fraction of sp³-hybridized carbons (Fsp3) is 0.500. The van der Waals surface area contributed by atoms with Crippen molar-refractivity contribution in [3.05, 3.63) is 40.1 Å². The molecule has 0 N–H and O–H groups in total. The van der Waals surface area contributed by atoms with E-state index in [1.807, 2.05) is 4.90 Å². The molecule has 3 aliphatic heterocycles. The Kier molecular flexibility index (Phi) is 3.59. The van der Waals surface area contributed by atoms with Crippen LogP contribution in [0.4, 0.5) is 10.2 Å². The van der Waals surface area contributed by atoms with Gasteiger partial charge in [0.1, 0.15) is 24.8 Å². The van der Waals surface area contributed by atoms with Crippen LogP contribution in [0.15, 0.2) is 23.0 Å². The van der Waals surface area contributed by atoms with Gasteiger partial charge in [-0.3, -0.25) is 4.57 Å². The second-order valence-electron chi connectivity index (χ2n) is 8.05. The summed E-state index contributed by atoms with van der Waals surface area (Å²) in [5, 5.41) is 0. The molecule has 2 aromatic rings. The lowest BCUT2D eigenvalue weighted by Crippen LogP contribution is -2.26. The number of ether oxygens (including phenoxy) is 4. The molecule has 2 fully saturated rings. The van der Waals surface area contributed by atoms with Crippen molar-refractivity contribution in [3.63, 3.8) is 0 Å². The van der Waals surface area contributed by atoms with Crippen LogP contribution in [0, 0.1) is 5.82 Å². The third-order valence-corrected chi connectivity index (χ3v) is 6.03. The molecule has 1 spiro atoms. The van der Waals surface area contributed by atoms with E-state index in [2.05, 4.69) is 4.98 Å². The van der Waals surface area contributed by atoms with Crippen LogP contribution >= 0.6 is 0 Å². The van der Waals surface area contributed by atoms with Crippen molar-refractivity contribution in [1.29, 1.82) is 0 Å². The summed E-state index contributed by atoms with van der Waals surface area (Å²) in [6, 6.07) is 5.00. The van der Waals surface area contributed by atoms with Crippen molar-refractivity contribution in [2.24, 2.45) is 0 Å². The molecule has 0 radical (unpaired) electrons. The lowest BCUT2D eigenvalue weighted by atomic mass is 10.2. The maximum absolute atomic E-state index is 14.7. The summed E-state index contributed by atoms with van der Waals surface area (Å²) in [4.78, 5) is 18.4. The van der Waals surface area contributed by atoms with Crippen LogP contribution in [-0.2, 0) is 17.9 Å². The molecule has 6 rings (SSSR count). The van der Waals surface area contributed by atoms with Gasteiger partial charge in [-0.1, -0.05) is 0 Å². The predicted molar refractivity (Wildman–Crippen MR) is 99.0 cm³/mol. The van der Waals surface area contributed by atoms with E-state index >= 15 is 0 Å². The van der Waals surface area contributed by atoms with Crippen LogP contribution in [0.2, 0.25) is 0 Å². The topological polar surface area (TPSA) is 75.0 Å². The van der Waals surface area contributed by atoms with Crippen LogP contribution in [0.1, 0.15) is 24.8 Å². The quantitative estimate of drug-likeness (QED) is 0.777. The normalized spacial score (nSPS) is 22.9. The second-order valence-corrected chi connectivity index (χ2v) is 8.05. The van der Waals surface area contributed by atoms with Gasteiger partial charge in [0.2, 0.25) is 5.88 Å². The Hall–Kier alpha value is -2.81. The van der Waals surface area contributed by atoms with Crippen molar-refractivity contribution >= 4 is 5.82 Å². The van der Waals surface area contributed by atoms with E-state index < -0.39 is 5.82 Å². The van der Waals surface area contributed by atoms with E-state index in [1.165, 1.54) is 6.07 Å². The molecular formula is C20H20FN3O5. The molecule has 1 aromatic carbocycles. The molecule has 1 atom stereocenters. The molecule has 4 aliphatic rings. The molecule has 8 nitrogen and oxygen atoms in total. The number of halogens is 1. The number of aromatic nitrogens is 2. The number of rotatable bonds is 3. The van der Waals surface area contributed by atoms with Gasteiger partial charge in [0, 0.05) is 12.5 Å². The molecule has 152 valence electrons. The van der Waals surface area contributed by atoms with Crippen LogP contribution in [0.5, 0.6) is 17.4 Å². The summed E-state index contributed by atoms with van der Waals surface area (Å²) in [5.74, 6) is 1.05. The molecule has 1 aliphatic carbocycles. The Bertz CT molecular complexity index is 1050. The molecule has 0 unspecified atom stereocenters. The monoisotopic (exact) mass is 401 g/mol.